The zero-order valence-corrected chi connectivity index (χ0v) is 15.5. The Bertz CT molecular complexity index is 1030. The van der Waals surface area contributed by atoms with Gasteiger partial charge in [-0.1, -0.05) is 6.07 Å². The lowest BCUT2D eigenvalue weighted by atomic mass is 10.1. The van der Waals surface area contributed by atoms with Gasteiger partial charge in [-0.25, -0.2) is 17.8 Å². The molecule has 0 bridgehead atoms. The molecule has 1 aliphatic rings. The van der Waals surface area contributed by atoms with Crippen LogP contribution < -0.4 is 14.2 Å². The molecule has 1 unspecified atom stereocenters. The number of hydrogen-bond acceptors (Lipinski definition) is 5. The van der Waals surface area contributed by atoms with Crippen LogP contribution in [0.15, 0.2) is 65.8 Å². The number of aromatic nitrogens is 2. The lowest BCUT2D eigenvalue weighted by molar-refractivity contribution is 0.171. The first-order chi connectivity index (χ1) is 13.0. The van der Waals surface area contributed by atoms with Gasteiger partial charge in [-0.3, -0.25) is 0 Å². The molecule has 0 radical (unpaired) electrons. The molecule has 7 nitrogen and oxygen atoms in total. The van der Waals surface area contributed by atoms with Crippen LogP contribution in [0.2, 0.25) is 0 Å². The van der Waals surface area contributed by atoms with E-state index in [1.54, 1.807) is 60.4 Å². The highest BCUT2D eigenvalue weighted by atomic mass is 32.2. The summed E-state index contributed by atoms with van der Waals surface area (Å²) in [5.74, 6) is 1.31. The molecule has 0 spiro atoms. The number of ether oxygens (including phenoxy) is 2. The normalized spacial score (nSPS) is 14.7. The Balaban J connectivity index is 1.52. The highest BCUT2D eigenvalue weighted by Gasteiger charge is 2.20. The molecule has 3 aromatic rings. The van der Waals surface area contributed by atoms with E-state index in [2.05, 4.69) is 9.82 Å². The van der Waals surface area contributed by atoms with Crippen molar-refractivity contribution < 1.29 is 17.9 Å². The van der Waals surface area contributed by atoms with E-state index in [1.807, 2.05) is 12.1 Å². The van der Waals surface area contributed by atoms with Crippen molar-refractivity contribution in [3.8, 4) is 17.2 Å². The molecule has 1 aliphatic heterocycles. The van der Waals surface area contributed by atoms with Gasteiger partial charge in [0.2, 0.25) is 10.0 Å². The second kappa shape index (κ2) is 7.05. The number of nitrogens with one attached hydrogen (secondary N) is 1. The smallest absolute Gasteiger partial charge is 0.241 e. The predicted octanol–water partition coefficient (Wildman–Crippen LogP) is 2.68. The molecule has 0 aliphatic carbocycles. The monoisotopic (exact) mass is 385 g/mol. The standard InChI is InChI=1S/C19H19N3O4S/c1-14(15-3-8-18-19(13-15)26-12-11-25-18)21-27(23,24)17-6-4-16(5-7-17)22-10-2-9-20-22/h2-10,13-14,21H,11-12H2,1H3. The molecule has 0 amide bonds. The number of fused-ring (bicyclic) bond motifs is 1. The fourth-order valence-electron chi connectivity index (χ4n) is 2.90. The molecule has 2 heterocycles. The fourth-order valence-corrected chi connectivity index (χ4v) is 4.13. The summed E-state index contributed by atoms with van der Waals surface area (Å²) in [5, 5.41) is 4.13. The van der Waals surface area contributed by atoms with E-state index in [1.165, 1.54) is 0 Å². The van der Waals surface area contributed by atoms with E-state index in [4.69, 9.17) is 9.47 Å². The Morgan fingerprint density at radius 2 is 1.81 bits per heavy atom. The van der Waals surface area contributed by atoms with Gasteiger partial charge in [0.1, 0.15) is 13.2 Å². The first kappa shape index (κ1) is 17.6. The van der Waals surface area contributed by atoms with Gasteiger partial charge in [0.15, 0.2) is 11.5 Å². The van der Waals surface area contributed by atoms with Crippen molar-refractivity contribution in [2.75, 3.05) is 13.2 Å². The molecule has 1 aromatic heterocycles. The summed E-state index contributed by atoms with van der Waals surface area (Å²) in [7, 11) is -3.67. The van der Waals surface area contributed by atoms with Crippen LogP contribution in [0, 0.1) is 0 Å². The SMILES string of the molecule is CC(NS(=O)(=O)c1ccc(-n2cccn2)cc1)c1ccc2c(c1)OCCO2. The van der Waals surface area contributed by atoms with Crippen molar-refractivity contribution in [2.45, 2.75) is 17.9 Å². The van der Waals surface area contributed by atoms with Gasteiger partial charge < -0.3 is 9.47 Å². The number of nitrogens with zero attached hydrogens (tertiary/aromatic N) is 2. The van der Waals surface area contributed by atoms with Crippen LogP contribution in [0.1, 0.15) is 18.5 Å². The molecule has 2 aromatic carbocycles. The molecule has 1 atom stereocenters. The molecule has 4 rings (SSSR count). The van der Waals surface area contributed by atoms with Gasteiger partial charge in [-0.15, -0.1) is 0 Å². The molecule has 0 fully saturated rings. The van der Waals surface area contributed by atoms with Gasteiger partial charge in [-0.2, -0.15) is 5.10 Å². The molecule has 0 saturated heterocycles. The lowest BCUT2D eigenvalue weighted by Gasteiger charge is -2.21. The minimum absolute atomic E-state index is 0.197. The van der Waals surface area contributed by atoms with Crippen molar-refractivity contribution >= 4 is 10.0 Å². The average molecular weight is 385 g/mol. The zero-order valence-electron chi connectivity index (χ0n) is 14.7. The quantitative estimate of drug-likeness (QED) is 0.730. The maximum Gasteiger partial charge on any atom is 0.241 e. The van der Waals surface area contributed by atoms with E-state index in [-0.39, 0.29) is 4.90 Å². The summed E-state index contributed by atoms with van der Waals surface area (Å²) in [6.07, 6.45) is 3.47. The second-order valence-corrected chi connectivity index (χ2v) is 7.90. The largest absolute Gasteiger partial charge is 0.486 e. The van der Waals surface area contributed by atoms with E-state index in [0.29, 0.717) is 24.7 Å². The molecular formula is C19H19N3O4S. The topological polar surface area (TPSA) is 82.5 Å². The highest BCUT2D eigenvalue weighted by molar-refractivity contribution is 7.89. The maximum atomic E-state index is 12.7. The third-order valence-corrected chi connectivity index (χ3v) is 5.87. The van der Waals surface area contributed by atoms with Crippen LogP contribution in [0.25, 0.3) is 5.69 Å². The van der Waals surface area contributed by atoms with Crippen LogP contribution in [0.5, 0.6) is 11.5 Å². The van der Waals surface area contributed by atoms with Gasteiger partial charge in [0, 0.05) is 18.4 Å². The van der Waals surface area contributed by atoms with E-state index in [9.17, 15) is 8.42 Å². The average Bonchev–Trinajstić information content (AvgIpc) is 3.22. The third-order valence-electron chi connectivity index (χ3n) is 4.31. The first-order valence-corrected chi connectivity index (χ1v) is 10.0. The van der Waals surface area contributed by atoms with Crippen molar-refractivity contribution in [1.82, 2.24) is 14.5 Å². The van der Waals surface area contributed by atoms with Gasteiger partial charge in [-0.05, 0) is 55.0 Å². The van der Waals surface area contributed by atoms with Crippen molar-refractivity contribution in [2.24, 2.45) is 0 Å². The van der Waals surface area contributed by atoms with Crippen LogP contribution in [-0.4, -0.2) is 31.4 Å². The number of rotatable bonds is 5. The van der Waals surface area contributed by atoms with E-state index >= 15 is 0 Å². The van der Waals surface area contributed by atoms with E-state index in [0.717, 1.165) is 11.3 Å². The lowest BCUT2D eigenvalue weighted by Crippen LogP contribution is -2.27. The second-order valence-electron chi connectivity index (χ2n) is 6.19. The van der Waals surface area contributed by atoms with Crippen LogP contribution in [0.3, 0.4) is 0 Å². The Morgan fingerprint density at radius 3 is 2.52 bits per heavy atom. The Hall–Kier alpha value is -2.84. The molecule has 27 heavy (non-hydrogen) atoms. The van der Waals surface area contributed by atoms with Gasteiger partial charge in [0.25, 0.3) is 0 Å². The summed E-state index contributed by atoms with van der Waals surface area (Å²) >= 11 is 0. The first-order valence-electron chi connectivity index (χ1n) is 8.55. The van der Waals surface area contributed by atoms with E-state index < -0.39 is 16.1 Å². The fraction of sp³-hybridized carbons (Fsp3) is 0.211. The van der Waals surface area contributed by atoms with Crippen molar-refractivity contribution in [3.63, 3.8) is 0 Å². The minimum Gasteiger partial charge on any atom is -0.486 e. The summed E-state index contributed by atoms with van der Waals surface area (Å²) in [6.45, 7) is 2.79. The molecule has 8 heteroatoms. The summed E-state index contributed by atoms with van der Waals surface area (Å²) < 4.78 is 40.9. The minimum atomic E-state index is -3.67. The molecular weight excluding hydrogens is 366 g/mol. The number of benzene rings is 2. The molecule has 1 N–H and O–H groups in total. The van der Waals surface area contributed by atoms with Crippen molar-refractivity contribution in [3.05, 3.63) is 66.5 Å². The maximum absolute atomic E-state index is 12.7. The van der Waals surface area contributed by atoms with Crippen LogP contribution in [-0.2, 0) is 10.0 Å². The molecule has 0 saturated carbocycles. The summed E-state index contributed by atoms with van der Waals surface area (Å²) in [4.78, 5) is 0.197. The predicted molar refractivity (Wildman–Crippen MR) is 99.7 cm³/mol. The summed E-state index contributed by atoms with van der Waals surface area (Å²) in [6, 6.07) is 13.4. The zero-order chi connectivity index (χ0) is 18.9. The third kappa shape index (κ3) is 3.67. The Morgan fingerprint density at radius 1 is 1.07 bits per heavy atom. The number of sulfonamides is 1. The van der Waals surface area contributed by atoms with Crippen LogP contribution in [0.4, 0.5) is 0 Å². The summed E-state index contributed by atoms with van der Waals surface area (Å²) in [5.41, 5.74) is 1.59. The van der Waals surface area contributed by atoms with Gasteiger partial charge in [0.05, 0.1) is 10.6 Å². The molecule has 140 valence electrons. The number of hydrogen-bond donors (Lipinski definition) is 1. The Labute approximate surface area is 157 Å². The highest BCUT2D eigenvalue weighted by Crippen LogP contribution is 2.33. The van der Waals surface area contributed by atoms with Gasteiger partial charge >= 0.3 is 0 Å². The Kier molecular flexibility index (Phi) is 4.59. The van der Waals surface area contributed by atoms with Crippen molar-refractivity contribution in [1.29, 1.82) is 0 Å². The van der Waals surface area contributed by atoms with Crippen LogP contribution >= 0.6 is 0 Å².